The van der Waals surface area contributed by atoms with Crippen LogP contribution in [0.25, 0.3) is 45.1 Å². The van der Waals surface area contributed by atoms with Gasteiger partial charge >= 0.3 is 0 Å². The SMILES string of the molecule is CN(C)c1nc2cc(C(=O)N[C@H]3CCc4cc(-n5c(-c6cccnc6N)nc6ccc(-n7cccn7)nc65)ccc43)cc(C=O)c2[nH]1. The summed E-state index contributed by atoms with van der Waals surface area (Å²) in [5.74, 6) is 1.98. The molecule has 4 N–H and O–H groups in total. The summed E-state index contributed by atoms with van der Waals surface area (Å²) in [7, 11) is 3.71. The number of fused-ring (bicyclic) bond motifs is 3. The van der Waals surface area contributed by atoms with E-state index in [1.807, 2.05) is 72.2 Å². The minimum Gasteiger partial charge on any atom is -0.383 e. The molecule has 5 aromatic heterocycles. The zero-order valence-corrected chi connectivity index (χ0v) is 25.5. The quantitative estimate of drug-likeness (QED) is 0.218. The van der Waals surface area contributed by atoms with Crippen molar-refractivity contribution < 1.29 is 9.59 Å². The summed E-state index contributed by atoms with van der Waals surface area (Å²) in [6.07, 6.45) is 7.43. The zero-order chi connectivity index (χ0) is 32.2. The van der Waals surface area contributed by atoms with Crippen LogP contribution in [0.3, 0.4) is 0 Å². The number of anilines is 2. The van der Waals surface area contributed by atoms with Gasteiger partial charge in [-0.25, -0.2) is 24.6 Å². The van der Waals surface area contributed by atoms with Crippen LogP contribution < -0.4 is 16.0 Å². The van der Waals surface area contributed by atoms with Crippen LogP contribution in [0.5, 0.6) is 0 Å². The van der Waals surface area contributed by atoms with E-state index in [2.05, 4.69) is 31.4 Å². The highest BCUT2D eigenvalue weighted by molar-refractivity contribution is 6.03. The Kier molecular flexibility index (Phi) is 6.53. The van der Waals surface area contributed by atoms with Gasteiger partial charge < -0.3 is 20.9 Å². The zero-order valence-electron chi connectivity index (χ0n) is 25.5. The predicted molar refractivity (Wildman–Crippen MR) is 178 cm³/mol. The molecule has 8 rings (SSSR count). The molecule has 1 atom stereocenters. The van der Waals surface area contributed by atoms with E-state index in [1.165, 1.54) is 0 Å². The number of aromatic amines is 1. The molecule has 0 radical (unpaired) electrons. The van der Waals surface area contributed by atoms with Crippen molar-refractivity contribution in [2.75, 3.05) is 24.7 Å². The second-order valence-electron chi connectivity index (χ2n) is 11.6. The number of nitrogens with zero attached hydrogens (tertiary/aromatic N) is 8. The van der Waals surface area contributed by atoms with Gasteiger partial charge in [-0.3, -0.25) is 14.2 Å². The van der Waals surface area contributed by atoms with Crippen molar-refractivity contribution in [2.24, 2.45) is 0 Å². The Hall–Kier alpha value is -6.37. The molecule has 0 spiro atoms. The lowest BCUT2D eigenvalue weighted by molar-refractivity contribution is 0.0937. The van der Waals surface area contributed by atoms with E-state index in [4.69, 9.17) is 15.7 Å². The molecule has 0 unspecified atom stereocenters. The van der Waals surface area contributed by atoms with Crippen LogP contribution in [0.15, 0.2) is 79.3 Å². The number of carbonyl (C=O) groups is 2. The lowest BCUT2D eigenvalue weighted by atomic mass is 10.1. The fourth-order valence-electron chi connectivity index (χ4n) is 6.21. The standard InChI is InChI=1S/C34H29N11O2/c1-43(2)34-40-27-17-20(15-21(18-46)29(27)42-34)33(47)39-25-9-6-19-16-22(7-8-23(19)25)45-31(24-5-3-12-36-30(24)35)38-26-10-11-28(41-32(26)45)44-14-4-13-37-44/h3-5,7-8,10-18,25H,6,9H2,1-2H3,(H2,35,36)(H,39,47)(H,40,42)/t25-/m0/s1. The highest BCUT2D eigenvalue weighted by Crippen LogP contribution is 2.36. The lowest BCUT2D eigenvalue weighted by Gasteiger charge is -2.16. The van der Waals surface area contributed by atoms with Gasteiger partial charge in [-0.05, 0) is 78.6 Å². The Bertz CT molecular complexity index is 2340. The van der Waals surface area contributed by atoms with Crippen LogP contribution >= 0.6 is 0 Å². The number of aryl methyl sites for hydroxylation is 1. The van der Waals surface area contributed by atoms with Gasteiger partial charge in [0.05, 0.1) is 22.6 Å². The number of amides is 1. The number of aromatic nitrogens is 8. The van der Waals surface area contributed by atoms with Crippen molar-refractivity contribution in [1.82, 2.24) is 44.6 Å². The van der Waals surface area contributed by atoms with Gasteiger partial charge in [0.15, 0.2) is 23.6 Å². The molecule has 1 amide bonds. The largest absolute Gasteiger partial charge is 0.383 e. The van der Waals surface area contributed by atoms with E-state index in [9.17, 15) is 9.59 Å². The molecule has 13 heteroatoms. The number of hydrogen-bond acceptors (Lipinski definition) is 9. The monoisotopic (exact) mass is 623 g/mol. The summed E-state index contributed by atoms with van der Waals surface area (Å²) in [5, 5.41) is 7.52. The Labute approximate surface area is 268 Å². The predicted octanol–water partition coefficient (Wildman–Crippen LogP) is 4.42. The van der Waals surface area contributed by atoms with Crippen molar-refractivity contribution in [3.63, 3.8) is 0 Å². The van der Waals surface area contributed by atoms with E-state index in [-0.39, 0.29) is 11.9 Å². The topological polar surface area (TPSA) is 166 Å². The number of carbonyl (C=O) groups excluding carboxylic acids is 2. The molecular formula is C34H29N11O2. The maximum Gasteiger partial charge on any atom is 0.251 e. The van der Waals surface area contributed by atoms with Gasteiger partial charge in [0, 0.05) is 49.5 Å². The molecule has 5 heterocycles. The first-order valence-corrected chi connectivity index (χ1v) is 15.1. The third-order valence-corrected chi connectivity index (χ3v) is 8.50. The normalized spacial score (nSPS) is 14.0. The Balaban J connectivity index is 1.16. The van der Waals surface area contributed by atoms with Crippen LogP contribution in [-0.2, 0) is 6.42 Å². The molecule has 0 saturated heterocycles. The minimum absolute atomic E-state index is 0.198. The Morgan fingerprint density at radius 3 is 2.72 bits per heavy atom. The lowest BCUT2D eigenvalue weighted by Crippen LogP contribution is -2.27. The van der Waals surface area contributed by atoms with Crippen LogP contribution in [0.4, 0.5) is 11.8 Å². The minimum atomic E-state index is -0.267. The molecule has 0 fully saturated rings. The summed E-state index contributed by atoms with van der Waals surface area (Å²) in [6, 6.07) is 18.6. The van der Waals surface area contributed by atoms with E-state index in [1.54, 1.807) is 29.2 Å². The average Bonchev–Trinajstić information content (AvgIpc) is 3.89. The van der Waals surface area contributed by atoms with E-state index in [0.717, 1.165) is 35.9 Å². The van der Waals surface area contributed by atoms with Crippen LogP contribution in [0.2, 0.25) is 0 Å². The molecule has 232 valence electrons. The van der Waals surface area contributed by atoms with Crippen molar-refractivity contribution in [2.45, 2.75) is 18.9 Å². The number of pyridine rings is 2. The Morgan fingerprint density at radius 2 is 1.94 bits per heavy atom. The summed E-state index contributed by atoms with van der Waals surface area (Å²) in [4.78, 5) is 49.1. The number of hydrogen-bond donors (Lipinski definition) is 3. The average molecular weight is 624 g/mol. The fourth-order valence-corrected chi connectivity index (χ4v) is 6.21. The van der Waals surface area contributed by atoms with Crippen molar-refractivity contribution in [3.8, 4) is 22.9 Å². The van der Waals surface area contributed by atoms with Crippen molar-refractivity contribution >= 4 is 46.2 Å². The third kappa shape index (κ3) is 4.76. The van der Waals surface area contributed by atoms with Crippen molar-refractivity contribution in [1.29, 1.82) is 0 Å². The van der Waals surface area contributed by atoms with Crippen molar-refractivity contribution in [3.05, 3.63) is 102 Å². The first-order valence-electron chi connectivity index (χ1n) is 15.1. The van der Waals surface area contributed by atoms with Gasteiger partial charge in [0.1, 0.15) is 11.3 Å². The molecule has 1 aliphatic carbocycles. The second-order valence-corrected chi connectivity index (χ2v) is 11.6. The highest BCUT2D eigenvalue weighted by atomic mass is 16.1. The number of imidazole rings is 2. The van der Waals surface area contributed by atoms with Crippen LogP contribution in [0.1, 0.15) is 44.3 Å². The van der Waals surface area contributed by atoms with E-state index < -0.39 is 0 Å². The number of nitrogens with two attached hydrogens (primary N) is 1. The molecule has 0 saturated carbocycles. The molecule has 2 aromatic carbocycles. The third-order valence-electron chi connectivity index (χ3n) is 8.50. The smallest absolute Gasteiger partial charge is 0.251 e. The van der Waals surface area contributed by atoms with Gasteiger partial charge in [-0.1, -0.05) is 6.07 Å². The summed E-state index contributed by atoms with van der Waals surface area (Å²) < 4.78 is 3.69. The van der Waals surface area contributed by atoms with Gasteiger partial charge in [-0.2, -0.15) is 5.10 Å². The molecule has 0 aliphatic heterocycles. The van der Waals surface area contributed by atoms with Gasteiger partial charge in [0.2, 0.25) is 5.95 Å². The highest BCUT2D eigenvalue weighted by Gasteiger charge is 2.27. The van der Waals surface area contributed by atoms with E-state index in [0.29, 0.717) is 62.3 Å². The number of H-pyrrole nitrogens is 1. The Morgan fingerprint density at radius 1 is 1.04 bits per heavy atom. The molecule has 1 aliphatic rings. The summed E-state index contributed by atoms with van der Waals surface area (Å²) in [6.45, 7) is 0. The number of aldehydes is 1. The summed E-state index contributed by atoms with van der Waals surface area (Å²) >= 11 is 0. The van der Waals surface area contributed by atoms with Gasteiger partial charge in [-0.15, -0.1) is 0 Å². The number of benzene rings is 2. The van der Waals surface area contributed by atoms with Crippen LogP contribution in [-0.4, -0.2) is 65.6 Å². The first kappa shape index (κ1) is 28.1. The number of nitrogen functional groups attached to an aromatic ring is 1. The molecule has 0 bridgehead atoms. The maximum atomic E-state index is 13.5. The molecule has 7 aromatic rings. The maximum absolute atomic E-state index is 13.5. The van der Waals surface area contributed by atoms with E-state index >= 15 is 0 Å². The fraction of sp³-hybridized carbons (Fsp3) is 0.147. The molecule has 13 nitrogen and oxygen atoms in total. The van der Waals surface area contributed by atoms with Crippen LogP contribution in [0, 0.1) is 0 Å². The van der Waals surface area contributed by atoms with Gasteiger partial charge in [0.25, 0.3) is 5.91 Å². The molecular weight excluding hydrogens is 594 g/mol. The molecule has 47 heavy (non-hydrogen) atoms. The number of nitrogens with one attached hydrogen (secondary N) is 2. The first-order chi connectivity index (χ1) is 22.9. The summed E-state index contributed by atoms with van der Waals surface area (Å²) in [5.41, 5.74) is 13.3. The number of rotatable bonds is 7. The second kappa shape index (κ2) is 10.9.